The van der Waals surface area contributed by atoms with Crippen molar-refractivity contribution in [2.75, 3.05) is 6.54 Å². The van der Waals surface area contributed by atoms with Crippen molar-refractivity contribution < 1.29 is 0 Å². The first kappa shape index (κ1) is 16.0. The highest BCUT2D eigenvalue weighted by atomic mass is 35.5. The second-order valence-electron chi connectivity index (χ2n) is 5.26. The molecule has 0 amide bonds. The van der Waals surface area contributed by atoms with Crippen LogP contribution in [-0.4, -0.2) is 22.1 Å². The summed E-state index contributed by atoms with van der Waals surface area (Å²) in [6.45, 7) is 7.69. The average Bonchev–Trinajstić information content (AvgIpc) is 2.33. The van der Waals surface area contributed by atoms with Gasteiger partial charge in [0.05, 0.1) is 0 Å². The quantitative estimate of drug-likeness (QED) is 0.800. The van der Waals surface area contributed by atoms with Crippen molar-refractivity contribution in [3.63, 3.8) is 0 Å². The molecule has 1 aromatic rings. The molecule has 0 saturated heterocycles. The van der Waals surface area contributed by atoms with E-state index in [0.717, 1.165) is 6.42 Å². The van der Waals surface area contributed by atoms with E-state index in [1.807, 2.05) is 0 Å². The highest BCUT2D eigenvalue weighted by Gasteiger charge is 2.05. The van der Waals surface area contributed by atoms with Gasteiger partial charge in [-0.1, -0.05) is 25.4 Å². The van der Waals surface area contributed by atoms with Gasteiger partial charge in [0, 0.05) is 25.3 Å². The molecule has 0 saturated carbocycles. The fourth-order valence-corrected chi connectivity index (χ4v) is 1.93. The molecule has 1 atom stereocenters. The summed E-state index contributed by atoms with van der Waals surface area (Å²) in [5.74, 6) is 0.699. The third-order valence-electron chi connectivity index (χ3n) is 2.99. The van der Waals surface area contributed by atoms with Crippen LogP contribution in [-0.2, 0) is 6.54 Å². The molecule has 5 nitrogen and oxygen atoms in total. The SMILES string of the molecule is CC(C)CCC(C)NCCn1cc(Cl)c(=O)[nH]c1=O. The number of nitrogens with zero attached hydrogens (tertiary/aromatic N) is 1. The van der Waals surface area contributed by atoms with Gasteiger partial charge in [-0.05, 0) is 25.7 Å². The molecule has 6 heteroatoms. The second kappa shape index (κ2) is 7.50. The van der Waals surface area contributed by atoms with E-state index < -0.39 is 11.2 Å². The summed E-state index contributed by atoms with van der Waals surface area (Å²) in [4.78, 5) is 24.8. The predicted molar refractivity (Wildman–Crippen MR) is 77.9 cm³/mol. The van der Waals surface area contributed by atoms with Crippen LogP contribution in [0.1, 0.15) is 33.6 Å². The van der Waals surface area contributed by atoms with Gasteiger partial charge in [-0.2, -0.15) is 0 Å². The maximum atomic E-state index is 11.5. The fourth-order valence-electron chi connectivity index (χ4n) is 1.77. The molecule has 1 heterocycles. The molecule has 1 unspecified atom stereocenters. The normalized spacial score (nSPS) is 12.9. The van der Waals surface area contributed by atoms with E-state index in [4.69, 9.17) is 11.6 Å². The summed E-state index contributed by atoms with van der Waals surface area (Å²) < 4.78 is 1.41. The number of hydrogen-bond acceptors (Lipinski definition) is 3. The van der Waals surface area contributed by atoms with Gasteiger partial charge in [0.15, 0.2) is 0 Å². The molecule has 0 aromatic carbocycles. The Morgan fingerprint density at radius 2 is 2.00 bits per heavy atom. The van der Waals surface area contributed by atoms with Crippen LogP contribution in [0.3, 0.4) is 0 Å². The van der Waals surface area contributed by atoms with Crippen molar-refractivity contribution in [3.8, 4) is 0 Å². The van der Waals surface area contributed by atoms with E-state index in [0.29, 0.717) is 25.0 Å². The smallest absolute Gasteiger partial charge is 0.312 e. The summed E-state index contributed by atoms with van der Waals surface area (Å²) in [5.41, 5.74) is -0.966. The molecular formula is C13H22ClN3O2. The van der Waals surface area contributed by atoms with Crippen LogP contribution < -0.4 is 16.6 Å². The van der Waals surface area contributed by atoms with E-state index in [-0.39, 0.29) is 5.02 Å². The summed E-state index contributed by atoms with van der Waals surface area (Å²) in [6.07, 6.45) is 3.67. The summed E-state index contributed by atoms with van der Waals surface area (Å²) in [6, 6.07) is 0.413. The van der Waals surface area contributed by atoms with Crippen LogP contribution in [0, 0.1) is 5.92 Å². The molecule has 0 aliphatic heterocycles. The summed E-state index contributed by atoms with van der Waals surface area (Å²) in [7, 11) is 0. The van der Waals surface area contributed by atoms with Crippen molar-refractivity contribution in [3.05, 3.63) is 32.1 Å². The standard InChI is InChI=1S/C13H22ClN3O2/c1-9(2)4-5-10(3)15-6-7-17-8-11(14)12(18)16-13(17)19/h8-10,15H,4-7H2,1-3H3,(H,16,18,19). The highest BCUT2D eigenvalue weighted by Crippen LogP contribution is 2.06. The molecule has 0 spiro atoms. The largest absolute Gasteiger partial charge is 0.328 e. The van der Waals surface area contributed by atoms with E-state index >= 15 is 0 Å². The summed E-state index contributed by atoms with van der Waals surface area (Å²) in [5, 5.41) is 3.39. The highest BCUT2D eigenvalue weighted by molar-refractivity contribution is 6.30. The maximum absolute atomic E-state index is 11.5. The first-order chi connectivity index (χ1) is 8.90. The third kappa shape index (κ3) is 5.61. The lowest BCUT2D eigenvalue weighted by Crippen LogP contribution is -2.35. The fraction of sp³-hybridized carbons (Fsp3) is 0.692. The Bertz CT molecular complexity index is 507. The van der Waals surface area contributed by atoms with Gasteiger partial charge in [0.1, 0.15) is 5.02 Å². The van der Waals surface area contributed by atoms with Gasteiger partial charge in [0.25, 0.3) is 5.56 Å². The van der Waals surface area contributed by atoms with Crippen molar-refractivity contribution in [1.82, 2.24) is 14.9 Å². The lowest BCUT2D eigenvalue weighted by molar-refractivity contribution is 0.438. The van der Waals surface area contributed by atoms with Crippen LogP contribution in [0.4, 0.5) is 0 Å². The topological polar surface area (TPSA) is 66.9 Å². The molecule has 2 N–H and O–H groups in total. The van der Waals surface area contributed by atoms with Gasteiger partial charge < -0.3 is 5.32 Å². The number of aromatic nitrogens is 2. The van der Waals surface area contributed by atoms with E-state index in [1.54, 1.807) is 0 Å². The van der Waals surface area contributed by atoms with E-state index in [2.05, 4.69) is 31.1 Å². The number of hydrogen-bond donors (Lipinski definition) is 2. The second-order valence-corrected chi connectivity index (χ2v) is 5.66. The van der Waals surface area contributed by atoms with Crippen LogP contribution in [0.2, 0.25) is 5.02 Å². The Kier molecular flexibility index (Phi) is 6.31. The first-order valence-corrected chi connectivity index (χ1v) is 7.00. The molecule has 0 fully saturated rings. The van der Waals surface area contributed by atoms with E-state index in [9.17, 15) is 9.59 Å². The van der Waals surface area contributed by atoms with E-state index in [1.165, 1.54) is 17.2 Å². The maximum Gasteiger partial charge on any atom is 0.328 e. The van der Waals surface area contributed by atoms with Gasteiger partial charge >= 0.3 is 5.69 Å². The number of nitrogens with one attached hydrogen (secondary N) is 2. The Morgan fingerprint density at radius 3 is 2.63 bits per heavy atom. The molecule has 0 radical (unpaired) electrons. The third-order valence-corrected chi connectivity index (χ3v) is 3.26. The molecule has 1 aromatic heterocycles. The zero-order valence-electron chi connectivity index (χ0n) is 11.7. The Labute approximate surface area is 118 Å². The van der Waals surface area contributed by atoms with Gasteiger partial charge in [-0.3, -0.25) is 14.3 Å². The lowest BCUT2D eigenvalue weighted by atomic mass is 10.0. The summed E-state index contributed by atoms with van der Waals surface area (Å²) >= 11 is 5.69. The molecule has 19 heavy (non-hydrogen) atoms. The van der Waals surface area contributed by atoms with Gasteiger partial charge in [0.2, 0.25) is 0 Å². The Morgan fingerprint density at radius 1 is 1.32 bits per heavy atom. The molecule has 108 valence electrons. The van der Waals surface area contributed by atoms with Crippen LogP contribution in [0.25, 0.3) is 0 Å². The average molecular weight is 288 g/mol. The minimum absolute atomic E-state index is 0.0347. The Balaban J connectivity index is 2.43. The number of H-pyrrole nitrogens is 1. The monoisotopic (exact) mass is 287 g/mol. The van der Waals surface area contributed by atoms with Crippen molar-refractivity contribution in [2.45, 2.75) is 46.2 Å². The van der Waals surface area contributed by atoms with Crippen LogP contribution >= 0.6 is 11.6 Å². The molecule has 0 aliphatic rings. The van der Waals surface area contributed by atoms with Crippen LogP contribution in [0.15, 0.2) is 15.8 Å². The molecule has 1 rings (SSSR count). The minimum atomic E-state index is -0.541. The molecule has 0 bridgehead atoms. The minimum Gasteiger partial charge on any atom is -0.312 e. The molecular weight excluding hydrogens is 266 g/mol. The zero-order valence-corrected chi connectivity index (χ0v) is 12.5. The number of rotatable bonds is 7. The van der Waals surface area contributed by atoms with Gasteiger partial charge in [-0.15, -0.1) is 0 Å². The lowest BCUT2D eigenvalue weighted by Gasteiger charge is -2.15. The first-order valence-electron chi connectivity index (χ1n) is 6.62. The van der Waals surface area contributed by atoms with Crippen LogP contribution in [0.5, 0.6) is 0 Å². The number of aromatic amines is 1. The van der Waals surface area contributed by atoms with Crippen molar-refractivity contribution in [2.24, 2.45) is 5.92 Å². The molecule has 0 aliphatic carbocycles. The van der Waals surface area contributed by atoms with Crippen molar-refractivity contribution in [1.29, 1.82) is 0 Å². The Hall–Kier alpha value is -1.07. The predicted octanol–water partition coefficient (Wildman–Crippen LogP) is 1.60. The number of halogens is 1. The van der Waals surface area contributed by atoms with Gasteiger partial charge in [-0.25, -0.2) is 4.79 Å². The zero-order chi connectivity index (χ0) is 14.4. The van der Waals surface area contributed by atoms with Crippen molar-refractivity contribution >= 4 is 11.6 Å².